The minimum Gasteiger partial charge on any atom is -0.357 e. The highest BCUT2D eigenvalue weighted by atomic mass is 16.6. The Morgan fingerprint density at radius 1 is 1.36 bits per heavy atom. The maximum Gasteiger partial charge on any atom is 0.135 e. The summed E-state index contributed by atoms with van der Waals surface area (Å²) in [4.78, 5) is 2.38. The zero-order valence-corrected chi connectivity index (χ0v) is 8.81. The molecule has 1 saturated heterocycles. The van der Waals surface area contributed by atoms with Crippen molar-refractivity contribution in [3.05, 3.63) is 35.9 Å². The van der Waals surface area contributed by atoms with Gasteiger partial charge in [0.25, 0.3) is 0 Å². The molecule has 2 rings (SSSR count). The van der Waals surface area contributed by atoms with Gasteiger partial charge in [-0.05, 0) is 19.4 Å². The second kappa shape index (κ2) is 4.11. The summed E-state index contributed by atoms with van der Waals surface area (Å²) < 4.78 is 5.33. The summed E-state index contributed by atoms with van der Waals surface area (Å²) in [5.41, 5.74) is 1.36. The number of nitrogens with zero attached hydrogens (tertiary/aromatic N) is 1. The van der Waals surface area contributed by atoms with Crippen molar-refractivity contribution < 1.29 is 4.74 Å². The van der Waals surface area contributed by atoms with E-state index in [-0.39, 0.29) is 0 Å². The van der Waals surface area contributed by atoms with Gasteiger partial charge in [0.05, 0.1) is 6.61 Å². The maximum atomic E-state index is 5.33. The van der Waals surface area contributed by atoms with Gasteiger partial charge < -0.3 is 4.74 Å². The normalized spacial score (nSPS) is 20.4. The lowest BCUT2D eigenvalue weighted by molar-refractivity contribution is 0.131. The fraction of sp³-hybridized carbons (Fsp3) is 0.500. The zero-order valence-electron chi connectivity index (χ0n) is 8.81. The molecule has 0 radical (unpaired) electrons. The third kappa shape index (κ3) is 2.34. The van der Waals surface area contributed by atoms with Gasteiger partial charge in [-0.25, -0.2) is 0 Å². The molecule has 1 fully saturated rings. The van der Waals surface area contributed by atoms with Crippen LogP contribution in [0.1, 0.15) is 19.4 Å². The van der Waals surface area contributed by atoms with Crippen LogP contribution in [0.25, 0.3) is 0 Å². The predicted octanol–water partition coefficient (Wildman–Crippen LogP) is 2.25. The standard InChI is InChI=1S/C12H17NO/c1-10(2)13(12-9-14-12)8-11-6-4-3-5-7-11/h3-7,10,12H,8-9H2,1-2H3. The number of epoxide rings is 1. The maximum absolute atomic E-state index is 5.33. The van der Waals surface area contributed by atoms with Crippen molar-refractivity contribution in [3.63, 3.8) is 0 Å². The van der Waals surface area contributed by atoms with Crippen LogP contribution < -0.4 is 0 Å². The first-order valence-electron chi connectivity index (χ1n) is 5.18. The van der Waals surface area contributed by atoms with E-state index < -0.39 is 0 Å². The molecule has 1 aliphatic heterocycles. The van der Waals surface area contributed by atoms with Gasteiger partial charge in [-0.15, -0.1) is 0 Å². The topological polar surface area (TPSA) is 15.8 Å². The van der Waals surface area contributed by atoms with Gasteiger partial charge in [0, 0.05) is 12.6 Å². The lowest BCUT2D eigenvalue weighted by Crippen LogP contribution is -2.33. The Hall–Kier alpha value is -0.860. The molecule has 14 heavy (non-hydrogen) atoms. The largest absolute Gasteiger partial charge is 0.357 e. The second-order valence-electron chi connectivity index (χ2n) is 4.04. The van der Waals surface area contributed by atoms with Crippen molar-refractivity contribution in [1.82, 2.24) is 4.90 Å². The molecule has 0 bridgehead atoms. The Balaban J connectivity index is 2.00. The molecule has 1 atom stereocenters. The van der Waals surface area contributed by atoms with E-state index in [1.807, 2.05) is 0 Å². The second-order valence-corrected chi connectivity index (χ2v) is 4.04. The Labute approximate surface area is 85.5 Å². The Morgan fingerprint density at radius 3 is 2.50 bits per heavy atom. The highest BCUT2D eigenvalue weighted by Crippen LogP contribution is 2.20. The lowest BCUT2D eigenvalue weighted by Gasteiger charge is -2.24. The molecule has 1 unspecified atom stereocenters. The molecule has 0 aliphatic carbocycles. The summed E-state index contributed by atoms with van der Waals surface area (Å²) in [6.45, 7) is 6.31. The number of hydrogen-bond donors (Lipinski definition) is 0. The summed E-state index contributed by atoms with van der Waals surface area (Å²) in [6.07, 6.45) is 0.357. The summed E-state index contributed by atoms with van der Waals surface area (Å²) in [7, 11) is 0. The minimum atomic E-state index is 0.357. The summed E-state index contributed by atoms with van der Waals surface area (Å²) in [5.74, 6) is 0. The van der Waals surface area contributed by atoms with Gasteiger partial charge in [0.1, 0.15) is 6.23 Å². The molecule has 1 heterocycles. The van der Waals surface area contributed by atoms with E-state index in [1.54, 1.807) is 0 Å². The molecule has 1 aromatic carbocycles. The molecule has 0 aromatic heterocycles. The summed E-state index contributed by atoms with van der Waals surface area (Å²) in [5, 5.41) is 0. The van der Waals surface area contributed by atoms with Crippen molar-refractivity contribution in [3.8, 4) is 0 Å². The monoisotopic (exact) mass is 191 g/mol. The average molecular weight is 191 g/mol. The van der Waals surface area contributed by atoms with E-state index in [4.69, 9.17) is 4.74 Å². The summed E-state index contributed by atoms with van der Waals surface area (Å²) in [6, 6.07) is 11.1. The quantitative estimate of drug-likeness (QED) is 0.678. The van der Waals surface area contributed by atoms with Gasteiger partial charge in [-0.1, -0.05) is 30.3 Å². The first-order chi connectivity index (χ1) is 6.77. The van der Waals surface area contributed by atoms with Crippen LogP contribution in [0, 0.1) is 0 Å². The molecule has 1 aromatic rings. The van der Waals surface area contributed by atoms with Crippen molar-refractivity contribution in [2.45, 2.75) is 32.7 Å². The SMILES string of the molecule is CC(C)N(Cc1ccccc1)C1CO1. The van der Waals surface area contributed by atoms with Crippen LogP contribution in [0.5, 0.6) is 0 Å². The first-order valence-corrected chi connectivity index (χ1v) is 5.18. The predicted molar refractivity (Wildman–Crippen MR) is 56.9 cm³/mol. The minimum absolute atomic E-state index is 0.357. The molecule has 1 aliphatic rings. The molecule has 0 amide bonds. The van der Waals surface area contributed by atoms with Crippen molar-refractivity contribution in [1.29, 1.82) is 0 Å². The van der Waals surface area contributed by atoms with Crippen LogP contribution >= 0.6 is 0 Å². The number of benzene rings is 1. The molecule has 2 heteroatoms. The molecule has 0 N–H and O–H groups in total. The smallest absolute Gasteiger partial charge is 0.135 e. The van der Waals surface area contributed by atoms with Crippen LogP contribution in [0.3, 0.4) is 0 Å². The van der Waals surface area contributed by atoms with Crippen LogP contribution in [0.2, 0.25) is 0 Å². The van der Waals surface area contributed by atoms with Gasteiger partial charge in [-0.2, -0.15) is 0 Å². The molecule has 0 spiro atoms. The fourth-order valence-electron chi connectivity index (χ4n) is 1.65. The Kier molecular flexibility index (Phi) is 2.85. The molecule has 0 saturated carbocycles. The zero-order chi connectivity index (χ0) is 9.97. The lowest BCUT2D eigenvalue weighted by atomic mass is 10.2. The number of rotatable bonds is 4. The van der Waals surface area contributed by atoms with Crippen LogP contribution in [-0.2, 0) is 11.3 Å². The number of hydrogen-bond acceptors (Lipinski definition) is 2. The van der Waals surface area contributed by atoms with Gasteiger partial charge in [0.2, 0.25) is 0 Å². The Morgan fingerprint density at radius 2 is 2.00 bits per heavy atom. The molecular formula is C12H17NO. The van der Waals surface area contributed by atoms with Crippen LogP contribution in [-0.4, -0.2) is 23.8 Å². The van der Waals surface area contributed by atoms with Crippen molar-refractivity contribution in [2.24, 2.45) is 0 Å². The first kappa shape index (κ1) is 9.69. The molecule has 76 valence electrons. The number of ether oxygens (including phenoxy) is 1. The van der Waals surface area contributed by atoms with Gasteiger partial charge in [0.15, 0.2) is 0 Å². The molecular weight excluding hydrogens is 174 g/mol. The van der Waals surface area contributed by atoms with Crippen molar-refractivity contribution in [2.75, 3.05) is 6.61 Å². The van der Waals surface area contributed by atoms with Gasteiger partial charge in [-0.3, -0.25) is 4.90 Å². The van der Waals surface area contributed by atoms with E-state index >= 15 is 0 Å². The van der Waals surface area contributed by atoms with E-state index in [9.17, 15) is 0 Å². The van der Waals surface area contributed by atoms with Crippen LogP contribution in [0.4, 0.5) is 0 Å². The summed E-state index contributed by atoms with van der Waals surface area (Å²) >= 11 is 0. The van der Waals surface area contributed by atoms with Gasteiger partial charge >= 0.3 is 0 Å². The van der Waals surface area contributed by atoms with E-state index in [2.05, 4.69) is 49.1 Å². The van der Waals surface area contributed by atoms with Crippen molar-refractivity contribution >= 4 is 0 Å². The van der Waals surface area contributed by atoms with E-state index in [1.165, 1.54) is 5.56 Å². The Bertz CT molecular complexity index is 278. The van der Waals surface area contributed by atoms with Crippen LogP contribution in [0.15, 0.2) is 30.3 Å². The third-order valence-electron chi connectivity index (χ3n) is 2.56. The van der Waals surface area contributed by atoms with E-state index in [0.29, 0.717) is 12.3 Å². The van der Waals surface area contributed by atoms with E-state index in [0.717, 1.165) is 13.2 Å². The third-order valence-corrected chi connectivity index (χ3v) is 2.56. The highest BCUT2D eigenvalue weighted by molar-refractivity contribution is 5.14. The molecule has 2 nitrogen and oxygen atoms in total. The average Bonchev–Trinajstić information content (AvgIpc) is 2.99. The highest BCUT2D eigenvalue weighted by Gasteiger charge is 2.31. The fourth-order valence-corrected chi connectivity index (χ4v) is 1.65.